The summed E-state index contributed by atoms with van der Waals surface area (Å²) in [5.41, 5.74) is 0.0323. The van der Waals surface area contributed by atoms with Crippen LogP contribution in [0.2, 0.25) is 5.02 Å². The van der Waals surface area contributed by atoms with Gasteiger partial charge in [0.2, 0.25) is 0 Å². The van der Waals surface area contributed by atoms with Crippen LogP contribution in [0.3, 0.4) is 0 Å². The number of sulfonamides is 1. The van der Waals surface area contributed by atoms with E-state index in [2.05, 4.69) is 4.72 Å². The Hall–Kier alpha value is -1.97. The molecule has 0 amide bonds. The van der Waals surface area contributed by atoms with Gasteiger partial charge in [-0.2, -0.15) is 0 Å². The number of rotatable bonds is 4. The van der Waals surface area contributed by atoms with Gasteiger partial charge in [-0.15, -0.1) is 11.3 Å². The summed E-state index contributed by atoms with van der Waals surface area (Å²) in [7, 11) is -3.95. The van der Waals surface area contributed by atoms with Crippen molar-refractivity contribution in [1.82, 2.24) is 0 Å². The maximum atomic E-state index is 12.3. The van der Waals surface area contributed by atoms with Crippen molar-refractivity contribution >= 4 is 44.6 Å². The van der Waals surface area contributed by atoms with Gasteiger partial charge in [0, 0.05) is 17.5 Å². The van der Waals surface area contributed by atoms with Crippen molar-refractivity contribution in [2.24, 2.45) is 0 Å². The molecule has 0 spiro atoms. The van der Waals surface area contributed by atoms with Crippen molar-refractivity contribution in [1.29, 1.82) is 0 Å². The molecule has 0 bridgehead atoms. The number of carboxylic acid groups (broad SMARTS) is 1. The molecule has 2 N–H and O–H groups in total. The molecule has 2 aromatic rings. The first-order valence-corrected chi connectivity index (χ1v) is 9.05. The molecular weight excluding hydrogens is 366 g/mol. The lowest BCUT2D eigenvalue weighted by Crippen LogP contribution is -2.16. The lowest BCUT2D eigenvalue weighted by Gasteiger charge is -2.20. The first kappa shape index (κ1) is 15.9. The number of halogens is 1. The molecule has 7 nitrogen and oxygen atoms in total. The molecule has 1 aromatic carbocycles. The SMILES string of the molecule is O=C(O)c1csc(S(=O)(=O)Nc2cc3c(cc2Cl)OCCO3)c1. The second kappa shape index (κ2) is 5.91. The highest BCUT2D eigenvalue weighted by Gasteiger charge is 2.22. The molecule has 0 saturated carbocycles. The van der Waals surface area contributed by atoms with Crippen LogP contribution in [0.1, 0.15) is 10.4 Å². The number of aromatic carboxylic acids is 1. The third kappa shape index (κ3) is 3.21. The Kier molecular flexibility index (Phi) is 4.09. The molecular formula is C13H10ClNO6S2. The van der Waals surface area contributed by atoms with E-state index in [4.69, 9.17) is 26.2 Å². The van der Waals surface area contributed by atoms with Gasteiger partial charge in [-0.3, -0.25) is 4.72 Å². The fraction of sp³-hybridized carbons (Fsp3) is 0.154. The average Bonchev–Trinajstić information content (AvgIpc) is 2.99. The lowest BCUT2D eigenvalue weighted by molar-refractivity contribution is 0.0697. The molecule has 3 rings (SSSR count). The molecule has 23 heavy (non-hydrogen) atoms. The van der Waals surface area contributed by atoms with E-state index >= 15 is 0 Å². The number of hydrogen-bond acceptors (Lipinski definition) is 6. The van der Waals surface area contributed by atoms with Crippen molar-refractivity contribution in [3.63, 3.8) is 0 Å². The van der Waals surface area contributed by atoms with Gasteiger partial charge in [0.25, 0.3) is 10.0 Å². The summed E-state index contributed by atoms with van der Waals surface area (Å²) in [6.07, 6.45) is 0. The molecule has 0 unspecified atom stereocenters. The largest absolute Gasteiger partial charge is 0.486 e. The maximum Gasteiger partial charge on any atom is 0.336 e. The Morgan fingerprint density at radius 1 is 1.22 bits per heavy atom. The number of hydrogen-bond donors (Lipinski definition) is 2. The maximum absolute atomic E-state index is 12.3. The first-order chi connectivity index (χ1) is 10.9. The summed E-state index contributed by atoms with van der Waals surface area (Å²) in [5.74, 6) is -0.371. The molecule has 0 aliphatic carbocycles. The smallest absolute Gasteiger partial charge is 0.336 e. The zero-order chi connectivity index (χ0) is 16.6. The van der Waals surface area contributed by atoms with Crippen molar-refractivity contribution in [3.8, 4) is 11.5 Å². The van der Waals surface area contributed by atoms with Crippen LogP contribution < -0.4 is 14.2 Å². The van der Waals surface area contributed by atoms with E-state index in [1.165, 1.54) is 17.5 Å². The summed E-state index contributed by atoms with van der Waals surface area (Å²) in [6.45, 7) is 0.745. The minimum atomic E-state index is -3.95. The van der Waals surface area contributed by atoms with Gasteiger partial charge >= 0.3 is 5.97 Å². The molecule has 0 radical (unpaired) electrons. The third-order valence-electron chi connectivity index (χ3n) is 2.96. The Labute approximate surface area is 140 Å². The molecule has 1 aliphatic rings. The number of fused-ring (bicyclic) bond motifs is 1. The fourth-order valence-corrected chi connectivity index (χ4v) is 4.39. The monoisotopic (exact) mass is 375 g/mol. The van der Waals surface area contributed by atoms with Gasteiger partial charge in [-0.1, -0.05) is 11.6 Å². The minimum Gasteiger partial charge on any atom is -0.486 e. The van der Waals surface area contributed by atoms with Crippen molar-refractivity contribution in [2.75, 3.05) is 17.9 Å². The van der Waals surface area contributed by atoms with E-state index in [-0.39, 0.29) is 20.5 Å². The average molecular weight is 376 g/mol. The van der Waals surface area contributed by atoms with Crippen LogP contribution in [-0.4, -0.2) is 32.7 Å². The first-order valence-electron chi connectivity index (χ1n) is 6.30. The molecule has 2 heterocycles. The van der Waals surface area contributed by atoms with E-state index in [1.807, 2.05) is 0 Å². The predicted octanol–water partition coefficient (Wildman–Crippen LogP) is 2.67. The van der Waals surface area contributed by atoms with Gasteiger partial charge < -0.3 is 14.6 Å². The topological polar surface area (TPSA) is 102 Å². The van der Waals surface area contributed by atoms with Crippen LogP contribution in [0.25, 0.3) is 0 Å². The normalized spacial score (nSPS) is 13.6. The van der Waals surface area contributed by atoms with Gasteiger partial charge in [0.15, 0.2) is 11.5 Å². The van der Waals surface area contributed by atoms with Gasteiger partial charge in [-0.25, -0.2) is 13.2 Å². The number of benzene rings is 1. The summed E-state index contributed by atoms with van der Waals surface area (Å²) in [4.78, 5) is 10.9. The molecule has 122 valence electrons. The highest BCUT2D eigenvalue weighted by atomic mass is 35.5. The fourth-order valence-electron chi connectivity index (χ4n) is 1.91. The molecule has 1 aromatic heterocycles. The highest BCUT2D eigenvalue weighted by molar-refractivity contribution is 7.94. The summed E-state index contributed by atoms with van der Waals surface area (Å²) >= 11 is 6.87. The predicted molar refractivity (Wildman–Crippen MR) is 84.5 cm³/mol. The lowest BCUT2D eigenvalue weighted by atomic mass is 10.2. The Balaban J connectivity index is 1.92. The number of carbonyl (C=O) groups is 1. The van der Waals surface area contributed by atoms with Crippen molar-refractivity contribution in [3.05, 3.63) is 34.2 Å². The Morgan fingerprint density at radius 3 is 2.48 bits per heavy atom. The van der Waals surface area contributed by atoms with Crippen LogP contribution in [0, 0.1) is 0 Å². The summed E-state index contributed by atoms with van der Waals surface area (Å²) in [6, 6.07) is 3.98. The molecule has 10 heteroatoms. The number of nitrogens with one attached hydrogen (secondary N) is 1. The van der Waals surface area contributed by atoms with Crippen molar-refractivity contribution < 1.29 is 27.8 Å². The molecule has 0 saturated heterocycles. The van der Waals surface area contributed by atoms with Gasteiger partial charge in [-0.05, 0) is 6.07 Å². The Morgan fingerprint density at radius 2 is 1.87 bits per heavy atom. The zero-order valence-electron chi connectivity index (χ0n) is 11.4. The molecule has 0 atom stereocenters. The van der Waals surface area contributed by atoms with Crippen LogP contribution in [0.15, 0.2) is 27.8 Å². The van der Waals surface area contributed by atoms with Crippen LogP contribution in [0.5, 0.6) is 11.5 Å². The number of anilines is 1. The zero-order valence-corrected chi connectivity index (χ0v) is 13.8. The van der Waals surface area contributed by atoms with E-state index < -0.39 is 16.0 Å². The van der Waals surface area contributed by atoms with E-state index in [0.29, 0.717) is 24.7 Å². The number of carboxylic acids is 1. The van der Waals surface area contributed by atoms with Crippen LogP contribution in [0.4, 0.5) is 5.69 Å². The standard InChI is InChI=1S/C13H10ClNO6S2/c14-8-4-10-11(21-2-1-20-10)5-9(8)15-23(18,19)12-3-7(6-22-12)13(16)17/h3-6,15H,1-2H2,(H,16,17). The minimum absolute atomic E-state index is 0.0938. The van der Waals surface area contributed by atoms with Crippen LogP contribution >= 0.6 is 22.9 Å². The second-order valence-corrected chi connectivity index (χ2v) is 7.77. The quantitative estimate of drug-likeness (QED) is 0.851. The second-order valence-electron chi connectivity index (χ2n) is 4.54. The Bertz CT molecular complexity index is 877. The van der Waals surface area contributed by atoms with E-state index in [0.717, 1.165) is 17.4 Å². The van der Waals surface area contributed by atoms with Gasteiger partial charge in [0.1, 0.15) is 17.4 Å². The summed E-state index contributed by atoms with van der Waals surface area (Å²) < 4.78 is 37.6. The summed E-state index contributed by atoms with van der Waals surface area (Å²) in [5, 5.41) is 10.3. The van der Waals surface area contributed by atoms with Gasteiger partial charge in [0.05, 0.1) is 16.3 Å². The van der Waals surface area contributed by atoms with E-state index in [9.17, 15) is 13.2 Å². The van der Waals surface area contributed by atoms with E-state index in [1.54, 1.807) is 0 Å². The molecule has 1 aliphatic heterocycles. The number of thiophene rings is 1. The van der Waals surface area contributed by atoms with Crippen molar-refractivity contribution in [2.45, 2.75) is 4.21 Å². The highest BCUT2D eigenvalue weighted by Crippen LogP contribution is 2.39. The van der Waals surface area contributed by atoms with Crippen LogP contribution in [-0.2, 0) is 10.0 Å². The third-order valence-corrected chi connectivity index (χ3v) is 6.08. The molecule has 0 fully saturated rings. The number of ether oxygens (including phenoxy) is 2.